The van der Waals surface area contributed by atoms with E-state index < -0.39 is 12.0 Å². The molecule has 6 nitrogen and oxygen atoms in total. The number of rotatable bonds is 4. The van der Waals surface area contributed by atoms with Crippen LogP contribution in [-0.4, -0.2) is 46.9 Å². The van der Waals surface area contributed by atoms with Gasteiger partial charge in [0, 0.05) is 24.7 Å². The molecule has 1 saturated heterocycles. The molecule has 1 aliphatic heterocycles. The molecule has 1 aliphatic carbocycles. The Hall–Kier alpha value is -2.63. The molecular weight excluding hydrogens is 332 g/mol. The Morgan fingerprint density at radius 3 is 2.50 bits per heavy atom. The standard InChI is InChI=1S/C20H24N2O4/c1-21-19(24)14-9-6-13(7-10-14)8-11-18(23)22-16-5-3-2-4-15(16)12-17(22)20(25)26/h6-11,15-17H,2-5,12H2,1H3,(H,21,24)(H,25,26). The Bertz CT molecular complexity index is 726. The lowest BCUT2D eigenvalue weighted by Crippen LogP contribution is -2.45. The van der Waals surface area contributed by atoms with Crippen LogP contribution in [-0.2, 0) is 9.59 Å². The van der Waals surface area contributed by atoms with Crippen molar-refractivity contribution in [3.63, 3.8) is 0 Å². The van der Waals surface area contributed by atoms with Crippen LogP contribution in [0.2, 0.25) is 0 Å². The van der Waals surface area contributed by atoms with Gasteiger partial charge in [-0.25, -0.2) is 4.79 Å². The largest absolute Gasteiger partial charge is 0.480 e. The minimum Gasteiger partial charge on any atom is -0.480 e. The number of likely N-dealkylation sites (tertiary alicyclic amines) is 1. The van der Waals surface area contributed by atoms with Crippen LogP contribution in [0.4, 0.5) is 0 Å². The smallest absolute Gasteiger partial charge is 0.326 e. The number of carbonyl (C=O) groups excluding carboxylic acids is 2. The van der Waals surface area contributed by atoms with Crippen LogP contribution in [0, 0.1) is 5.92 Å². The van der Waals surface area contributed by atoms with Crippen molar-refractivity contribution in [2.75, 3.05) is 7.05 Å². The molecule has 3 unspecified atom stereocenters. The summed E-state index contributed by atoms with van der Waals surface area (Å²) in [6.45, 7) is 0. The summed E-state index contributed by atoms with van der Waals surface area (Å²) >= 11 is 0. The van der Waals surface area contributed by atoms with Crippen molar-refractivity contribution in [2.45, 2.75) is 44.2 Å². The third-order valence-corrected chi connectivity index (χ3v) is 5.45. The fourth-order valence-corrected chi connectivity index (χ4v) is 4.14. The summed E-state index contributed by atoms with van der Waals surface area (Å²) in [5.41, 5.74) is 1.34. The van der Waals surface area contributed by atoms with Crippen molar-refractivity contribution < 1.29 is 19.5 Å². The molecule has 138 valence electrons. The van der Waals surface area contributed by atoms with Crippen LogP contribution in [0.15, 0.2) is 30.3 Å². The monoisotopic (exact) mass is 356 g/mol. The zero-order valence-corrected chi connectivity index (χ0v) is 14.9. The normalized spacial score (nSPS) is 25.1. The third-order valence-electron chi connectivity index (χ3n) is 5.45. The topological polar surface area (TPSA) is 86.7 Å². The molecule has 0 spiro atoms. The first kappa shape index (κ1) is 18.2. The van der Waals surface area contributed by atoms with Gasteiger partial charge in [0.25, 0.3) is 5.91 Å². The minimum atomic E-state index is -0.920. The van der Waals surface area contributed by atoms with E-state index in [9.17, 15) is 19.5 Å². The number of nitrogens with zero attached hydrogens (tertiary/aromatic N) is 1. The van der Waals surface area contributed by atoms with E-state index in [0.29, 0.717) is 17.9 Å². The van der Waals surface area contributed by atoms with E-state index in [4.69, 9.17) is 0 Å². The Kier molecular flexibility index (Phi) is 5.40. The summed E-state index contributed by atoms with van der Waals surface area (Å²) < 4.78 is 0. The van der Waals surface area contributed by atoms with Crippen molar-refractivity contribution in [3.8, 4) is 0 Å². The maximum Gasteiger partial charge on any atom is 0.326 e. The predicted molar refractivity (Wildman–Crippen MR) is 97.5 cm³/mol. The Balaban J connectivity index is 1.74. The summed E-state index contributed by atoms with van der Waals surface area (Å²) in [6.07, 6.45) is 7.72. The lowest BCUT2D eigenvalue weighted by Gasteiger charge is -2.32. The fraction of sp³-hybridized carbons (Fsp3) is 0.450. The van der Waals surface area contributed by atoms with Gasteiger partial charge in [0.1, 0.15) is 6.04 Å². The van der Waals surface area contributed by atoms with Crippen molar-refractivity contribution in [3.05, 3.63) is 41.5 Å². The fourth-order valence-electron chi connectivity index (χ4n) is 4.14. The van der Waals surface area contributed by atoms with Crippen molar-refractivity contribution in [1.82, 2.24) is 10.2 Å². The summed E-state index contributed by atoms with van der Waals surface area (Å²) in [7, 11) is 1.57. The highest BCUT2D eigenvalue weighted by Gasteiger charge is 2.46. The highest BCUT2D eigenvalue weighted by molar-refractivity contribution is 5.96. The van der Waals surface area contributed by atoms with Gasteiger partial charge in [-0.3, -0.25) is 9.59 Å². The van der Waals surface area contributed by atoms with E-state index in [2.05, 4.69) is 5.32 Å². The van der Waals surface area contributed by atoms with Gasteiger partial charge in [0.05, 0.1) is 0 Å². The molecule has 3 atom stereocenters. The van der Waals surface area contributed by atoms with Crippen LogP contribution in [0.1, 0.15) is 48.0 Å². The second-order valence-electron chi connectivity index (χ2n) is 6.98. The lowest BCUT2D eigenvalue weighted by atomic mass is 9.85. The number of carboxylic acids is 1. The van der Waals surface area contributed by atoms with E-state index in [1.165, 1.54) is 6.08 Å². The quantitative estimate of drug-likeness (QED) is 0.811. The molecule has 2 aliphatic rings. The Morgan fingerprint density at radius 2 is 1.85 bits per heavy atom. The minimum absolute atomic E-state index is 0.0395. The van der Waals surface area contributed by atoms with E-state index in [1.54, 1.807) is 42.3 Å². The van der Waals surface area contributed by atoms with Gasteiger partial charge in [-0.2, -0.15) is 0 Å². The van der Waals surface area contributed by atoms with Crippen LogP contribution < -0.4 is 5.32 Å². The summed E-state index contributed by atoms with van der Waals surface area (Å²) in [5.74, 6) is -1.03. The molecule has 0 bridgehead atoms. The molecule has 2 amide bonds. The molecule has 1 heterocycles. The average Bonchev–Trinajstić information content (AvgIpc) is 3.06. The number of carboxylic acid groups (broad SMARTS) is 1. The molecule has 1 aromatic carbocycles. The first-order valence-corrected chi connectivity index (χ1v) is 9.06. The van der Waals surface area contributed by atoms with Gasteiger partial charge in [0.15, 0.2) is 0 Å². The zero-order chi connectivity index (χ0) is 18.7. The molecule has 6 heteroatoms. The second kappa shape index (κ2) is 7.72. The highest BCUT2D eigenvalue weighted by Crippen LogP contribution is 2.39. The summed E-state index contributed by atoms with van der Waals surface area (Å²) in [4.78, 5) is 37.5. The molecule has 2 fully saturated rings. The molecule has 2 N–H and O–H groups in total. The number of fused-ring (bicyclic) bond motifs is 1. The van der Waals surface area contributed by atoms with E-state index in [0.717, 1.165) is 31.2 Å². The first-order valence-electron chi connectivity index (χ1n) is 9.06. The van der Waals surface area contributed by atoms with Crippen molar-refractivity contribution in [2.24, 2.45) is 5.92 Å². The van der Waals surface area contributed by atoms with Gasteiger partial charge in [0.2, 0.25) is 5.91 Å². The molecule has 26 heavy (non-hydrogen) atoms. The molecule has 0 radical (unpaired) electrons. The van der Waals surface area contributed by atoms with Gasteiger partial charge < -0.3 is 15.3 Å². The Morgan fingerprint density at radius 1 is 1.15 bits per heavy atom. The maximum absolute atomic E-state index is 12.7. The molecule has 1 saturated carbocycles. The van der Waals surface area contributed by atoms with Gasteiger partial charge in [-0.1, -0.05) is 25.0 Å². The molecular formula is C20H24N2O4. The molecule has 3 rings (SSSR count). The first-order chi connectivity index (χ1) is 12.5. The third kappa shape index (κ3) is 3.64. The summed E-state index contributed by atoms with van der Waals surface area (Å²) in [5, 5.41) is 12.1. The average molecular weight is 356 g/mol. The SMILES string of the molecule is CNC(=O)c1ccc(C=CC(=O)N2C(C(=O)O)CC3CCCCC32)cc1. The van der Waals surface area contributed by atoms with Crippen LogP contribution >= 0.6 is 0 Å². The highest BCUT2D eigenvalue weighted by atomic mass is 16.4. The number of hydrogen-bond donors (Lipinski definition) is 2. The predicted octanol–water partition coefficient (Wildman–Crippen LogP) is 2.30. The second-order valence-corrected chi connectivity index (χ2v) is 6.98. The van der Waals surface area contributed by atoms with Gasteiger partial charge in [-0.15, -0.1) is 0 Å². The maximum atomic E-state index is 12.7. The zero-order valence-electron chi connectivity index (χ0n) is 14.9. The number of carbonyl (C=O) groups is 3. The van der Waals surface area contributed by atoms with Crippen molar-refractivity contribution in [1.29, 1.82) is 0 Å². The number of nitrogens with one attached hydrogen (secondary N) is 1. The Labute approximate surface area is 152 Å². The number of benzene rings is 1. The van der Waals surface area contributed by atoms with E-state index in [1.807, 2.05) is 0 Å². The van der Waals surface area contributed by atoms with Crippen LogP contribution in [0.3, 0.4) is 0 Å². The van der Waals surface area contributed by atoms with Crippen LogP contribution in [0.25, 0.3) is 6.08 Å². The van der Waals surface area contributed by atoms with E-state index >= 15 is 0 Å². The number of hydrogen-bond acceptors (Lipinski definition) is 3. The summed E-state index contributed by atoms with van der Waals surface area (Å²) in [6, 6.07) is 6.22. The molecule has 0 aromatic heterocycles. The van der Waals surface area contributed by atoms with Crippen LogP contribution in [0.5, 0.6) is 0 Å². The van der Waals surface area contributed by atoms with Gasteiger partial charge in [-0.05, 0) is 49.0 Å². The number of amides is 2. The number of aliphatic carboxylic acids is 1. The van der Waals surface area contributed by atoms with Gasteiger partial charge >= 0.3 is 5.97 Å². The molecule has 1 aromatic rings. The van der Waals surface area contributed by atoms with Crippen molar-refractivity contribution >= 4 is 23.9 Å². The lowest BCUT2D eigenvalue weighted by molar-refractivity contribution is -0.147. The van der Waals surface area contributed by atoms with E-state index in [-0.39, 0.29) is 17.9 Å².